The molecule has 0 atom stereocenters. The first-order chi connectivity index (χ1) is 31.0. The van der Waals surface area contributed by atoms with Crippen LogP contribution in [-0.4, -0.2) is 0 Å². The molecule has 1 fully saturated rings. The van der Waals surface area contributed by atoms with Gasteiger partial charge in [-0.2, -0.15) is 0 Å². The molecule has 1 aromatic heterocycles. The minimum atomic E-state index is -0.151. The first-order valence-corrected chi connectivity index (χ1v) is 23.6. The summed E-state index contributed by atoms with van der Waals surface area (Å²) in [5, 5.41) is 5.08. The molecule has 9 aromatic carbocycles. The fraction of sp³-hybridized carbons (Fsp3) is 0.148. The van der Waals surface area contributed by atoms with Gasteiger partial charge in [0.25, 0.3) is 0 Å². The summed E-state index contributed by atoms with van der Waals surface area (Å²) >= 11 is 1.88. The molecule has 304 valence electrons. The van der Waals surface area contributed by atoms with Crippen molar-refractivity contribution in [2.75, 3.05) is 4.90 Å². The average Bonchev–Trinajstić information content (AvgIpc) is 3.83. The summed E-state index contributed by atoms with van der Waals surface area (Å²) in [5.74, 6) is 0.685. The third-order valence-corrected chi connectivity index (χ3v) is 15.4. The van der Waals surface area contributed by atoms with E-state index in [1.54, 1.807) is 0 Å². The number of hydrogen-bond acceptors (Lipinski definition) is 2. The molecule has 0 amide bonds. The third kappa shape index (κ3) is 6.50. The molecule has 0 aliphatic heterocycles. The summed E-state index contributed by atoms with van der Waals surface area (Å²) in [6.45, 7) is 4.77. The number of rotatable bonds is 7. The van der Waals surface area contributed by atoms with Gasteiger partial charge in [-0.25, -0.2) is 0 Å². The maximum atomic E-state index is 2.56. The predicted octanol–water partition coefficient (Wildman–Crippen LogP) is 18.0. The normalized spacial score (nSPS) is 14.6. The van der Waals surface area contributed by atoms with Crippen LogP contribution >= 0.6 is 11.3 Å². The van der Waals surface area contributed by atoms with E-state index in [0.29, 0.717) is 5.92 Å². The molecular weight excluding hydrogens is 779 g/mol. The van der Waals surface area contributed by atoms with Gasteiger partial charge in [-0.05, 0) is 128 Å². The summed E-state index contributed by atoms with van der Waals surface area (Å²) in [7, 11) is 0. The first kappa shape index (κ1) is 38.0. The Morgan fingerprint density at radius 2 is 1.10 bits per heavy atom. The van der Waals surface area contributed by atoms with Crippen LogP contribution in [0.4, 0.5) is 17.1 Å². The monoisotopic (exact) mass is 827 g/mol. The van der Waals surface area contributed by atoms with E-state index >= 15 is 0 Å². The highest BCUT2D eigenvalue weighted by molar-refractivity contribution is 7.25. The van der Waals surface area contributed by atoms with Crippen molar-refractivity contribution in [3.8, 4) is 44.5 Å². The van der Waals surface area contributed by atoms with Crippen LogP contribution in [0.15, 0.2) is 194 Å². The van der Waals surface area contributed by atoms with Crippen LogP contribution in [0, 0.1) is 0 Å². The van der Waals surface area contributed by atoms with Crippen molar-refractivity contribution in [1.29, 1.82) is 0 Å². The maximum absolute atomic E-state index is 2.56. The van der Waals surface area contributed by atoms with E-state index in [0.717, 1.165) is 17.1 Å². The second-order valence-corrected chi connectivity index (χ2v) is 19.4. The number of anilines is 3. The van der Waals surface area contributed by atoms with E-state index in [9.17, 15) is 0 Å². The summed E-state index contributed by atoms with van der Waals surface area (Å²) in [6.07, 6.45) is 6.68. The number of benzene rings is 9. The second-order valence-electron chi connectivity index (χ2n) is 18.3. The number of hydrogen-bond donors (Lipinski definition) is 0. The van der Waals surface area contributed by atoms with Gasteiger partial charge in [0.15, 0.2) is 0 Å². The van der Waals surface area contributed by atoms with Crippen molar-refractivity contribution in [3.05, 3.63) is 211 Å². The van der Waals surface area contributed by atoms with Crippen molar-refractivity contribution in [2.24, 2.45) is 0 Å². The highest BCUT2D eigenvalue weighted by atomic mass is 32.1. The maximum Gasteiger partial charge on any atom is 0.0546 e. The number of fused-ring (bicyclic) bond motifs is 7. The molecule has 1 saturated carbocycles. The lowest BCUT2D eigenvalue weighted by Gasteiger charge is -2.32. The molecule has 2 aliphatic rings. The Morgan fingerprint density at radius 1 is 0.429 bits per heavy atom. The minimum absolute atomic E-state index is 0.151. The zero-order chi connectivity index (χ0) is 42.1. The van der Waals surface area contributed by atoms with E-state index in [2.05, 4.69) is 213 Å². The van der Waals surface area contributed by atoms with Gasteiger partial charge < -0.3 is 4.90 Å². The fourth-order valence-corrected chi connectivity index (χ4v) is 12.1. The molecular formula is C61H49NS. The van der Waals surface area contributed by atoms with Crippen LogP contribution in [0.3, 0.4) is 0 Å². The van der Waals surface area contributed by atoms with E-state index < -0.39 is 0 Å². The SMILES string of the molecule is CC1(C)c2ccccc2-c2ccc(N(c3ccc(-c4ccc(C5CCCCC5)cc4)cc3-c3ccccc3)c3cc4ccccc4cc3-c3ccc4c(c3)sc3ccccc34)cc21. The topological polar surface area (TPSA) is 3.24 Å². The largest absolute Gasteiger partial charge is 0.309 e. The van der Waals surface area contributed by atoms with Crippen LogP contribution in [0.25, 0.3) is 75.5 Å². The molecule has 12 rings (SSSR count). The highest BCUT2D eigenvalue weighted by Crippen LogP contribution is 2.53. The molecule has 10 aromatic rings. The highest BCUT2D eigenvalue weighted by Gasteiger charge is 2.36. The van der Waals surface area contributed by atoms with Gasteiger partial charge in [0, 0.05) is 42.4 Å². The molecule has 1 nitrogen and oxygen atoms in total. The van der Waals surface area contributed by atoms with Crippen LogP contribution < -0.4 is 4.90 Å². The summed E-state index contributed by atoms with van der Waals surface area (Å²) < 4.78 is 2.63. The Kier molecular flexibility index (Phi) is 9.20. The molecule has 2 aliphatic carbocycles. The smallest absolute Gasteiger partial charge is 0.0546 e. The zero-order valence-electron chi connectivity index (χ0n) is 35.9. The zero-order valence-corrected chi connectivity index (χ0v) is 36.8. The van der Waals surface area contributed by atoms with Crippen molar-refractivity contribution >= 4 is 59.3 Å². The van der Waals surface area contributed by atoms with Gasteiger partial charge in [-0.15, -0.1) is 11.3 Å². The lowest BCUT2D eigenvalue weighted by Crippen LogP contribution is -2.17. The standard InChI is InChI=1S/C61H49NS/c1-61(2)55-23-13-11-21-49(55)50-33-31-48(39-56(50)61)62(57-34-30-46(36-53(57)43-17-7-4-8-18-43)42-27-25-41(26-28-42)40-15-5-3-6-16-40)58-37-45-20-10-9-19-44(45)35-54(58)47-29-32-52-51-22-12-14-24-59(51)63-60(52)38-47/h4,7-14,17-40H,3,5-6,15-16H2,1-2H3. The van der Waals surface area contributed by atoms with Gasteiger partial charge in [-0.1, -0.05) is 179 Å². The predicted molar refractivity (Wildman–Crippen MR) is 271 cm³/mol. The van der Waals surface area contributed by atoms with Crippen molar-refractivity contribution in [2.45, 2.75) is 57.3 Å². The number of thiophene rings is 1. The van der Waals surface area contributed by atoms with E-state index in [1.165, 1.54) is 124 Å². The Bertz CT molecular complexity index is 3350. The van der Waals surface area contributed by atoms with Gasteiger partial charge in [0.2, 0.25) is 0 Å². The lowest BCUT2D eigenvalue weighted by atomic mass is 9.82. The summed E-state index contributed by atoms with van der Waals surface area (Å²) in [6, 6.07) is 73.5. The van der Waals surface area contributed by atoms with E-state index in [-0.39, 0.29) is 5.41 Å². The minimum Gasteiger partial charge on any atom is -0.309 e. The molecule has 0 N–H and O–H groups in total. The van der Waals surface area contributed by atoms with Crippen LogP contribution in [0.1, 0.15) is 68.6 Å². The fourth-order valence-electron chi connectivity index (χ4n) is 10.9. The Balaban J connectivity index is 1.10. The molecule has 0 bridgehead atoms. The molecule has 0 radical (unpaired) electrons. The lowest BCUT2D eigenvalue weighted by molar-refractivity contribution is 0.443. The van der Waals surface area contributed by atoms with Crippen molar-refractivity contribution < 1.29 is 0 Å². The van der Waals surface area contributed by atoms with Crippen molar-refractivity contribution in [1.82, 2.24) is 0 Å². The Morgan fingerprint density at radius 3 is 1.94 bits per heavy atom. The van der Waals surface area contributed by atoms with Gasteiger partial charge in [-0.3, -0.25) is 0 Å². The van der Waals surface area contributed by atoms with Crippen LogP contribution in [-0.2, 0) is 5.41 Å². The van der Waals surface area contributed by atoms with Gasteiger partial charge in [0.1, 0.15) is 0 Å². The summed E-state index contributed by atoms with van der Waals surface area (Å²) in [4.78, 5) is 2.56. The first-order valence-electron chi connectivity index (χ1n) is 22.8. The molecule has 63 heavy (non-hydrogen) atoms. The van der Waals surface area contributed by atoms with Gasteiger partial charge >= 0.3 is 0 Å². The molecule has 2 heteroatoms. The van der Waals surface area contributed by atoms with Crippen molar-refractivity contribution in [3.63, 3.8) is 0 Å². The van der Waals surface area contributed by atoms with E-state index in [1.807, 2.05) is 11.3 Å². The van der Waals surface area contributed by atoms with Crippen LogP contribution in [0.5, 0.6) is 0 Å². The van der Waals surface area contributed by atoms with Crippen LogP contribution in [0.2, 0.25) is 0 Å². The molecule has 0 spiro atoms. The Hall–Kier alpha value is -6.74. The third-order valence-electron chi connectivity index (χ3n) is 14.3. The molecule has 0 saturated heterocycles. The average molecular weight is 828 g/mol. The van der Waals surface area contributed by atoms with E-state index in [4.69, 9.17) is 0 Å². The molecule has 0 unspecified atom stereocenters. The van der Waals surface area contributed by atoms with Gasteiger partial charge in [0.05, 0.1) is 11.4 Å². The summed E-state index contributed by atoms with van der Waals surface area (Å²) in [5.41, 5.74) is 17.5. The quantitative estimate of drug-likeness (QED) is 0.155. The Labute approximate surface area is 374 Å². The second kappa shape index (κ2) is 15.3. The number of nitrogens with zero attached hydrogens (tertiary/aromatic N) is 1. The molecule has 1 heterocycles.